The third-order valence-electron chi connectivity index (χ3n) is 4.40. The van der Waals surface area contributed by atoms with Crippen molar-refractivity contribution in [2.75, 3.05) is 32.7 Å². The molecule has 21 heavy (non-hydrogen) atoms. The largest absolute Gasteiger partial charge is 0.300 e. The molecule has 1 aliphatic rings. The molecule has 2 rings (SSSR count). The van der Waals surface area contributed by atoms with Gasteiger partial charge in [-0.2, -0.15) is 5.26 Å². The Balaban J connectivity index is 1.77. The molecule has 1 fully saturated rings. The zero-order valence-corrected chi connectivity index (χ0v) is 13.5. The molecule has 0 unspecified atom stereocenters. The Morgan fingerprint density at radius 2 is 1.71 bits per heavy atom. The lowest BCUT2D eigenvalue weighted by atomic mass is 10.0. The van der Waals surface area contributed by atoms with E-state index < -0.39 is 0 Å². The Morgan fingerprint density at radius 1 is 1.10 bits per heavy atom. The van der Waals surface area contributed by atoms with Crippen molar-refractivity contribution in [3.63, 3.8) is 0 Å². The van der Waals surface area contributed by atoms with Crippen LogP contribution in [0.5, 0.6) is 0 Å². The molecule has 0 radical (unpaired) electrons. The summed E-state index contributed by atoms with van der Waals surface area (Å²) in [5, 5.41) is 9.28. The molecule has 0 N–H and O–H groups in total. The lowest BCUT2D eigenvalue weighted by Gasteiger charge is -2.38. The zero-order chi connectivity index (χ0) is 15.2. The summed E-state index contributed by atoms with van der Waals surface area (Å²) in [5.41, 5.74) is 2.74. The highest BCUT2D eigenvalue weighted by atomic mass is 15.3. The van der Waals surface area contributed by atoms with E-state index >= 15 is 0 Å². The second-order valence-corrected chi connectivity index (χ2v) is 6.43. The Bertz CT molecular complexity index is 464. The Labute approximate surface area is 129 Å². The number of hydrogen-bond acceptors (Lipinski definition) is 3. The van der Waals surface area contributed by atoms with Gasteiger partial charge in [-0.25, -0.2) is 0 Å². The molecule has 1 atom stereocenters. The van der Waals surface area contributed by atoms with Gasteiger partial charge in [0.1, 0.15) is 6.04 Å². The second-order valence-electron chi connectivity index (χ2n) is 6.43. The van der Waals surface area contributed by atoms with E-state index in [1.54, 1.807) is 0 Å². The van der Waals surface area contributed by atoms with E-state index in [1.165, 1.54) is 11.1 Å². The third-order valence-corrected chi connectivity index (χ3v) is 4.40. The highest BCUT2D eigenvalue weighted by Gasteiger charge is 2.25. The fraction of sp³-hybridized carbons (Fsp3) is 0.611. The van der Waals surface area contributed by atoms with Gasteiger partial charge in [-0.05, 0) is 24.8 Å². The molecule has 1 saturated heterocycles. The van der Waals surface area contributed by atoms with Gasteiger partial charge in [0.05, 0.1) is 6.07 Å². The highest BCUT2D eigenvalue weighted by Crippen LogP contribution is 2.13. The summed E-state index contributed by atoms with van der Waals surface area (Å²) in [4.78, 5) is 4.86. The number of rotatable bonds is 5. The van der Waals surface area contributed by atoms with Crippen LogP contribution in [0.3, 0.4) is 0 Å². The van der Waals surface area contributed by atoms with Crippen LogP contribution in [0.2, 0.25) is 0 Å². The van der Waals surface area contributed by atoms with Crippen molar-refractivity contribution in [2.45, 2.75) is 33.2 Å². The van der Waals surface area contributed by atoms with E-state index in [0.29, 0.717) is 5.92 Å². The van der Waals surface area contributed by atoms with Crippen LogP contribution >= 0.6 is 0 Å². The minimum atomic E-state index is 0.0734. The SMILES string of the molecule is Cc1ccc(CCN2CCN([C@H](C#N)C(C)C)CC2)cc1. The molecule has 3 nitrogen and oxygen atoms in total. The maximum absolute atomic E-state index is 9.28. The number of hydrogen-bond donors (Lipinski definition) is 0. The normalized spacial score (nSPS) is 18.6. The summed E-state index contributed by atoms with van der Waals surface area (Å²) in [7, 11) is 0. The van der Waals surface area contributed by atoms with E-state index in [-0.39, 0.29) is 6.04 Å². The topological polar surface area (TPSA) is 30.3 Å². The van der Waals surface area contributed by atoms with Gasteiger partial charge >= 0.3 is 0 Å². The molecule has 1 aromatic carbocycles. The van der Waals surface area contributed by atoms with Gasteiger partial charge in [-0.1, -0.05) is 43.7 Å². The average Bonchev–Trinajstić information content (AvgIpc) is 2.48. The minimum absolute atomic E-state index is 0.0734. The van der Waals surface area contributed by atoms with Crippen LogP contribution in [0.15, 0.2) is 24.3 Å². The van der Waals surface area contributed by atoms with E-state index in [9.17, 15) is 5.26 Å². The van der Waals surface area contributed by atoms with Crippen molar-refractivity contribution in [3.05, 3.63) is 35.4 Å². The standard InChI is InChI=1S/C18H27N3/c1-15(2)18(14-19)21-12-10-20(11-13-21)9-8-17-6-4-16(3)5-7-17/h4-7,15,18H,8-13H2,1-3H3/t18-/m1/s1. The molecular formula is C18H27N3. The summed E-state index contributed by atoms with van der Waals surface area (Å²) in [6.45, 7) is 11.7. The molecule has 0 aromatic heterocycles. The Morgan fingerprint density at radius 3 is 2.24 bits per heavy atom. The van der Waals surface area contributed by atoms with Crippen molar-refractivity contribution in [3.8, 4) is 6.07 Å². The lowest BCUT2D eigenvalue weighted by molar-refractivity contribution is 0.0990. The van der Waals surface area contributed by atoms with Crippen molar-refractivity contribution in [1.29, 1.82) is 5.26 Å². The van der Waals surface area contributed by atoms with Gasteiger partial charge in [-0.3, -0.25) is 4.90 Å². The minimum Gasteiger partial charge on any atom is -0.300 e. The lowest BCUT2D eigenvalue weighted by Crippen LogP contribution is -2.51. The van der Waals surface area contributed by atoms with Gasteiger partial charge in [0, 0.05) is 32.7 Å². The molecule has 1 aromatic rings. The van der Waals surface area contributed by atoms with E-state index in [0.717, 1.165) is 39.1 Å². The predicted octanol–water partition coefficient (Wildman–Crippen LogP) is 2.70. The number of benzene rings is 1. The van der Waals surface area contributed by atoms with Crippen molar-refractivity contribution in [1.82, 2.24) is 9.80 Å². The molecule has 114 valence electrons. The Kier molecular flexibility index (Phi) is 5.78. The van der Waals surface area contributed by atoms with Crippen LogP contribution in [-0.4, -0.2) is 48.6 Å². The molecule has 1 heterocycles. The van der Waals surface area contributed by atoms with Crippen LogP contribution in [0, 0.1) is 24.2 Å². The van der Waals surface area contributed by atoms with Gasteiger partial charge in [-0.15, -0.1) is 0 Å². The molecule has 0 amide bonds. The first-order valence-electron chi connectivity index (χ1n) is 8.01. The van der Waals surface area contributed by atoms with Gasteiger partial charge in [0.25, 0.3) is 0 Å². The first-order valence-corrected chi connectivity index (χ1v) is 8.01. The summed E-state index contributed by atoms with van der Waals surface area (Å²) in [6.07, 6.45) is 1.12. The fourth-order valence-electron chi connectivity index (χ4n) is 2.96. The first kappa shape index (κ1) is 16.0. The van der Waals surface area contributed by atoms with E-state index in [4.69, 9.17) is 0 Å². The highest BCUT2D eigenvalue weighted by molar-refractivity contribution is 5.21. The van der Waals surface area contributed by atoms with Crippen LogP contribution in [-0.2, 0) is 6.42 Å². The summed E-state index contributed by atoms with van der Waals surface area (Å²) < 4.78 is 0. The number of nitrogens with zero attached hydrogens (tertiary/aromatic N) is 3. The molecule has 1 aliphatic heterocycles. The quantitative estimate of drug-likeness (QED) is 0.833. The molecule has 3 heteroatoms. The first-order chi connectivity index (χ1) is 10.1. The molecule has 0 bridgehead atoms. The van der Waals surface area contributed by atoms with Gasteiger partial charge < -0.3 is 4.90 Å². The molecule has 0 aliphatic carbocycles. The maximum Gasteiger partial charge on any atom is 0.100 e. The van der Waals surface area contributed by atoms with Crippen LogP contribution < -0.4 is 0 Å². The zero-order valence-electron chi connectivity index (χ0n) is 13.5. The smallest absolute Gasteiger partial charge is 0.100 e. The summed E-state index contributed by atoms with van der Waals surface area (Å²) >= 11 is 0. The van der Waals surface area contributed by atoms with Crippen LogP contribution in [0.4, 0.5) is 0 Å². The van der Waals surface area contributed by atoms with Crippen molar-refractivity contribution >= 4 is 0 Å². The van der Waals surface area contributed by atoms with Gasteiger partial charge in [0.15, 0.2) is 0 Å². The summed E-state index contributed by atoms with van der Waals surface area (Å²) in [6, 6.07) is 11.4. The van der Waals surface area contributed by atoms with Crippen LogP contribution in [0.1, 0.15) is 25.0 Å². The number of piperazine rings is 1. The van der Waals surface area contributed by atoms with Crippen molar-refractivity contribution in [2.24, 2.45) is 5.92 Å². The third kappa shape index (κ3) is 4.56. The second kappa shape index (κ2) is 7.59. The predicted molar refractivity (Wildman–Crippen MR) is 87.1 cm³/mol. The molecular weight excluding hydrogens is 258 g/mol. The van der Waals surface area contributed by atoms with Gasteiger partial charge in [0.2, 0.25) is 0 Å². The Hall–Kier alpha value is -1.37. The molecule has 0 saturated carbocycles. The summed E-state index contributed by atoms with van der Waals surface area (Å²) in [5.74, 6) is 0.411. The molecule has 0 spiro atoms. The fourth-order valence-corrected chi connectivity index (χ4v) is 2.96. The van der Waals surface area contributed by atoms with Crippen LogP contribution in [0.25, 0.3) is 0 Å². The number of nitriles is 1. The maximum atomic E-state index is 9.28. The van der Waals surface area contributed by atoms with Crippen molar-refractivity contribution < 1.29 is 0 Å². The number of aryl methyl sites for hydroxylation is 1. The van der Waals surface area contributed by atoms with E-state index in [2.05, 4.69) is 60.9 Å². The monoisotopic (exact) mass is 285 g/mol. The average molecular weight is 285 g/mol. The van der Waals surface area contributed by atoms with E-state index in [1.807, 2.05) is 0 Å².